The summed E-state index contributed by atoms with van der Waals surface area (Å²) in [5, 5.41) is 9.51. The fourth-order valence-electron chi connectivity index (χ4n) is 3.23. The lowest BCUT2D eigenvalue weighted by Gasteiger charge is -2.26. The van der Waals surface area contributed by atoms with Gasteiger partial charge in [-0.3, -0.25) is 9.36 Å². The number of aromatic nitrogens is 2. The predicted octanol–water partition coefficient (Wildman–Crippen LogP) is 2.63. The number of carboxylic acids is 1. The summed E-state index contributed by atoms with van der Waals surface area (Å²) >= 11 is 5.29. The molecule has 2 N–H and O–H groups in total. The molecule has 2 aromatic rings. The van der Waals surface area contributed by atoms with Crippen molar-refractivity contribution in [2.45, 2.75) is 32.2 Å². The Kier molecular flexibility index (Phi) is 5.11. The number of benzene rings is 1. The lowest BCUT2D eigenvalue weighted by Crippen LogP contribution is -2.32. The number of likely N-dealkylation sites (tertiary alicyclic amines) is 1. The lowest BCUT2D eigenvalue weighted by atomic mass is 10.1. The minimum Gasteiger partial charge on any atom is -0.478 e. The molecule has 0 amide bonds. The molecule has 3 rings (SSSR count). The highest BCUT2D eigenvalue weighted by atomic mass is 32.1. The van der Waals surface area contributed by atoms with Crippen LogP contribution >= 0.6 is 12.2 Å². The van der Waals surface area contributed by atoms with E-state index in [-0.39, 0.29) is 11.1 Å². The number of nitrogens with zero attached hydrogens (tertiary/aromatic N) is 2. The second-order valence-electron chi connectivity index (χ2n) is 6.21. The molecule has 1 aromatic carbocycles. The third kappa shape index (κ3) is 3.57. The first-order valence-corrected chi connectivity index (χ1v) is 8.69. The number of carboxylic acid groups (broad SMARTS) is 1. The van der Waals surface area contributed by atoms with Crippen LogP contribution in [0, 0.1) is 4.77 Å². The maximum atomic E-state index is 12.6. The number of nitrogens with one attached hydrogen (secondary N) is 1. The van der Waals surface area contributed by atoms with Crippen molar-refractivity contribution in [2.75, 3.05) is 19.6 Å². The second-order valence-corrected chi connectivity index (χ2v) is 6.60. The molecule has 24 heavy (non-hydrogen) atoms. The van der Waals surface area contributed by atoms with Crippen LogP contribution < -0.4 is 5.56 Å². The largest absolute Gasteiger partial charge is 0.478 e. The van der Waals surface area contributed by atoms with Gasteiger partial charge < -0.3 is 15.0 Å². The molecular formula is C17H21N3O3S. The van der Waals surface area contributed by atoms with Crippen LogP contribution in [-0.2, 0) is 6.54 Å². The Balaban J connectivity index is 1.80. The second kappa shape index (κ2) is 7.27. The summed E-state index contributed by atoms with van der Waals surface area (Å²) in [6.45, 7) is 3.81. The standard InChI is InChI=1S/C17H21N3O3S/c21-15-13-6-5-12(16(22)23)11-14(13)18-17(24)20(15)10-4-9-19-7-2-1-3-8-19/h5-6,11H,1-4,7-10H2,(H,18,24)(H,22,23). The molecular weight excluding hydrogens is 326 g/mol. The quantitative estimate of drug-likeness (QED) is 0.813. The molecule has 0 aliphatic carbocycles. The van der Waals surface area contributed by atoms with E-state index in [1.807, 2.05) is 0 Å². The monoisotopic (exact) mass is 347 g/mol. The van der Waals surface area contributed by atoms with E-state index in [0.29, 0.717) is 22.2 Å². The highest BCUT2D eigenvalue weighted by Gasteiger charge is 2.11. The maximum Gasteiger partial charge on any atom is 0.335 e. The molecule has 2 heterocycles. The average molecular weight is 347 g/mol. The van der Waals surface area contributed by atoms with E-state index < -0.39 is 5.97 Å². The fourth-order valence-corrected chi connectivity index (χ4v) is 3.51. The van der Waals surface area contributed by atoms with Gasteiger partial charge in [-0.05, 0) is 69.3 Å². The zero-order chi connectivity index (χ0) is 17.1. The smallest absolute Gasteiger partial charge is 0.335 e. The van der Waals surface area contributed by atoms with Crippen LogP contribution in [0.15, 0.2) is 23.0 Å². The van der Waals surface area contributed by atoms with Gasteiger partial charge in [-0.2, -0.15) is 0 Å². The normalized spacial score (nSPS) is 15.7. The molecule has 0 atom stereocenters. The molecule has 7 heteroatoms. The van der Waals surface area contributed by atoms with Crippen molar-refractivity contribution in [2.24, 2.45) is 0 Å². The number of aromatic carboxylic acids is 1. The topological polar surface area (TPSA) is 78.3 Å². The predicted molar refractivity (Wildman–Crippen MR) is 95.3 cm³/mol. The van der Waals surface area contributed by atoms with Gasteiger partial charge in [0.05, 0.1) is 16.5 Å². The van der Waals surface area contributed by atoms with E-state index in [1.54, 1.807) is 10.6 Å². The first-order valence-electron chi connectivity index (χ1n) is 8.29. The van der Waals surface area contributed by atoms with Gasteiger partial charge >= 0.3 is 5.97 Å². The van der Waals surface area contributed by atoms with Gasteiger partial charge in [0.15, 0.2) is 4.77 Å². The van der Waals surface area contributed by atoms with Gasteiger partial charge in [-0.25, -0.2) is 4.79 Å². The van der Waals surface area contributed by atoms with E-state index in [1.165, 1.54) is 31.4 Å². The van der Waals surface area contributed by atoms with Crippen LogP contribution in [0.4, 0.5) is 0 Å². The first-order chi connectivity index (χ1) is 11.6. The SMILES string of the molecule is O=C(O)c1ccc2c(=O)n(CCCN3CCCCC3)c(=S)[nH]c2c1. The summed E-state index contributed by atoms with van der Waals surface area (Å²) in [4.78, 5) is 29.1. The molecule has 0 radical (unpaired) electrons. The van der Waals surface area contributed by atoms with Crippen molar-refractivity contribution in [3.63, 3.8) is 0 Å². The van der Waals surface area contributed by atoms with E-state index in [2.05, 4.69) is 9.88 Å². The third-order valence-corrected chi connectivity index (χ3v) is 4.86. The Morgan fingerprint density at radius 2 is 1.96 bits per heavy atom. The van der Waals surface area contributed by atoms with E-state index in [0.717, 1.165) is 26.1 Å². The number of aromatic amines is 1. The summed E-state index contributed by atoms with van der Waals surface area (Å²) in [7, 11) is 0. The van der Waals surface area contributed by atoms with Gasteiger partial charge in [0.25, 0.3) is 5.56 Å². The minimum absolute atomic E-state index is 0.135. The zero-order valence-electron chi connectivity index (χ0n) is 13.5. The van der Waals surface area contributed by atoms with Gasteiger partial charge in [-0.15, -0.1) is 0 Å². The summed E-state index contributed by atoms with van der Waals surface area (Å²) in [5.41, 5.74) is 0.442. The molecule has 0 saturated carbocycles. The number of hydrogen-bond acceptors (Lipinski definition) is 4. The Hall–Kier alpha value is -1.99. The van der Waals surface area contributed by atoms with Crippen LogP contribution in [0.5, 0.6) is 0 Å². The highest BCUT2D eigenvalue weighted by Crippen LogP contribution is 2.12. The van der Waals surface area contributed by atoms with Gasteiger partial charge in [0.2, 0.25) is 0 Å². The first kappa shape index (κ1) is 16.9. The van der Waals surface area contributed by atoms with Crippen molar-refractivity contribution >= 4 is 29.1 Å². The molecule has 6 nitrogen and oxygen atoms in total. The average Bonchev–Trinajstić information content (AvgIpc) is 2.58. The minimum atomic E-state index is -1.03. The summed E-state index contributed by atoms with van der Waals surface area (Å²) in [6, 6.07) is 4.45. The molecule has 1 aliphatic rings. The number of piperidine rings is 1. The number of fused-ring (bicyclic) bond motifs is 1. The summed E-state index contributed by atoms with van der Waals surface area (Å²) in [6.07, 6.45) is 4.68. The van der Waals surface area contributed by atoms with Crippen LogP contribution in [0.3, 0.4) is 0 Å². The van der Waals surface area contributed by atoms with Crippen molar-refractivity contribution in [1.82, 2.24) is 14.5 Å². The van der Waals surface area contributed by atoms with Crippen molar-refractivity contribution in [1.29, 1.82) is 0 Å². The molecule has 0 spiro atoms. The zero-order valence-corrected chi connectivity index (χ0v) is 14.3. The van der Waals surface area contributed by atoms with E-state index >= 15 is 0 Å². The number of H-pyrrole nitrogens is 1. The molecule has 128 valence electrons. The fraction of sp³-hybridized carbons (Fsp3) is 0.471. The van der Waals surface area contributed by atoms with Crippen molar-refractivity contribution in [3.8, 4) is 0 Å². The molecule has 0 bridgehead atoms. The van der Waals surface area contributed by atoms with E-state index in [9.17, 15) is 9.59 Å². The summed E-state index contributed by atoms with van der Waals surface area (Å²) < 4.78 is 1.91. The lowest BCUT2D eigenvalue weighted by molar-refractivity contribution is 0.0697. The van der Waals surface area contributed by atoms with Gasteiger partial charge in [-0.1, -0.05) is 6.42 Å². The molecule has 1 aliphatic heterocycles. The molecule has 1 fully saturated rings. The van der Waals surface area contributed by atoms with Crippen LogP contribution in [0.2, 0.25) is 0 Å². The van der Waals surface area contributed by atoms with E-state index in [4.69, 9.17) is 17.3 Å². The van der Waals surface area contributed by atoms with Crippen LogP contribution in [0.1, 0.15) is 36.0 Å². The third-order valence-electron chi connectivity index (χ3n) is 4.53. The Morgan fingerprint density at radius 3 is 2.67 bits per heavy atom. The van der Waals surface area contributed by atoms with Gasteiger partial charge in [0.1, 0.15) is 0 Å². The molecule has 1 aromatic heterocycles. The number of hydrogen-bond donors (Lipinski definition) is 2. The Bertz CT molecular complexity index is 865. The molecule has 1 saturated heterocycles. The number of rotatable bonds is 5. The number of carbonyl (C=O) groups is 1. The molecule has 0 unspecified atom stereocenters. The van der Waals surface area contributed by atoms with Crippen molar-refractivity contribution < 1.29 is 9.90 Å². The summed E-state index contributed by atoms with van der Waals surface area (Å²) in [5.74, 6) is -1.03. The van der Waals surface area contributed by atoms with Crippen LogP contribution in [-0.4, -0.2) is 45.2 Å². The highest BCUT2D eigenvalue weighted by molar-refractivity contribution is 7.71. The van der Waals surface area contributed by atoms with Crippen molar-refractivity contribution in [3.05, 3.63) is 38.9 Å². The maximum absolute atomic E-state index is 12.6. The van der Waals surface area contributed by atoms with Crippen LogP contribution in [0.25, 0.3) is 10.9 Å². The Morgan fingerprint density at radius 1 is 1.21 bits per heavy atom. The van der Waals surface area contributed by atoms with Gasteiger partial charge in [0, 0.05) is 6.54 Å². The Labute approximate surface area is 144 Å².